The molecule has 2 N–H and O–H groups in total. The Morgan fingerprint density at radius 3 is 2.77 bits per heavy atom. The average Bonchev–Trinajstić information content (AvgIpc) is 2.76. The zero-order valence-electron chi connectivity index (χ0n) is 16.5. The quantitative estimate of drug-likeness (QED) is 0.740. The molecule has 0 radical (unpaired) electrons. The van der Waals surface area contributed by atoms with Gasteiger partial charge in [0.15, 0.2) is 5.84 Å². The van der Waals surface area contributed by atoms with E-state index >= 15 is 0 Å². The Morgan fingerprint density at radius 2 is 1.97 bits per heavy atom. The van der Waals surface area contributed by atoms with E-state index in [0.29, 0.717) is 17.5 Å². The van der Waals surface area contributed by atoms with E-state index in [-0.39, 0.29) is 24.4 Å². The van der Waals surface area contributed by atoms with Crippen molar-refractivity contribution in [3.05, 3.63) is 41.4 Å². The van der Waals surface area contributed by atoms with Gasteiger partial charge in [-0.2, -0.15) is 5.10 Å². The molecule has 0 saturated carbocycles. The molecule has 3 aliphatic heterocycles. The second-order valence-corrected chi connectivity index (χ2v) is 7.80. The molecule has 9 heteroatoms. The summed E-state index contributed by atoms with van der Waals surface area (Å²) in [5, 5.41) is 8.24. The molecular formula is C21H23Cl2N5O2. The molecule has 3 heterocycles. The van der Waals surface area contributed by atoms with Crippen molar-refractivity contribution in [3.63, 3.8) is 0 Å². The number of amides is 1. The fourth-order valence-corrected chi connectivity index (χ4v) is 4.43. The molecule has 5 rings (SSSR count). The number of amidine groups is 1. The molecular weight excluding hydrogens is 425 g/mol. The smallest absolute Gasteiger partial charge is 0.262 e. The number of piperazine rings is 1. The molecule has 7 nitrogen and oxygen atoms in total. The number of rotatable bonds is 2. The summed E-state index contributed by atoms with van der Waals surface area (Å²) in [7, 11) is 0. The Kier molecular flexibility index (Phi) is 5.77. The minimum Gasteiger partial charge on any atom is -0.483 e. The van der Waals surface area contributed by atoms with Gasteiger partial charge in [0.25, 0.3) is 5.91 Å². The van der Waals surface area contributed by atoms with Crippen LogP contribution in [-0.2, 0) is 4.79 Å². The highest BCUT2D eigenvalue weighted by atomic mass is 35.5. The van der Waals surface area contributed by atoms with Gasteiger partial charge in [0.2, 0.25) is 0 Å². The predicted molar refractivity (Wildman–Crippen MR) is 122 cm³/mol. The Bertz CT molecular complexity index is 1010. The van der Waals surface area contributed by atoms with E-state index in [9.17, 15) is 4.79 Å². The third-order valence-corrected chi connectivity index (χ3v) is 5.97. The van der Waals surface area contributed by atoms with Crippen LogP contribution >= 0.6 is 24.0 Å². The number of fused-ring (bicyclic) bond motifs is 3. The summed E-state index contributed by atoms with van der Waals surface area (Å²) in [5.41, 5.74) is 6.52. The number of hydrazone groups is 1. The van der Waals surface area contributed by atoms with Crippen LogP contribution in [0.4, 0.5) is 11.4 Å². The summed E-state index contributed by atoms with van der Waals surface area (Å²) in [6.45, 7) is 5.97. The number of ether oxygens (including phenoxy) is 1. The summed E-state index contributed by atoms with van der Waals surface area (Å²) in [4.78, 5) is 16.4. The van der Waals surface area contributed by atoms with Crippen molar-refractivity contribution in [2.24, 2.45) is 5.10 Å². The highest BCUT2D eigenvalue weighted by Crippen LogP contribution is 2.42. The van der Waals surface area contributed by atoms with Gasteiger partial charge < -0.3 is 19.9 Å². The maximum atomic E-state index is 12.1. The minimum absolute atomic E-state index is 0. The van der Waals surface area contributed by atoms with Crippen molar-refractivity contribution in [2.45, 2.75) is 13.0 Å². The molecule has 0 unspecified atom stereocenters. The summed E-state index contributed by atoms with van der Waals surface area (Å²) >= 11 is 6.65. The van der Waals surface area contributed by atoms with E-state index in [2.05, 4.69) is 26.8 Å². The van der Waals surface area contributed by atoms with Crippen molar-refractivity contribution < 1.29 is 9.53 Å². The van der Waals surface area contributed by atoms with Crippen LogP contribution in [0.5, 0.6) is 5.75 Å². The fourth-order valence-electron chi connectivity index (χ4n) is 4.15. The summed E-state index contributed by atoms with van der Waals surface area (Å²) in [5.74, 6) is 1.31. The monoisotopic (exact) mass is 447 g/mol. The second-order valence-electron chi connectivity index (χ2n) is 7.39. The highest BCUT2D eigenvalue weighted by Gasteiger charge is 2.35. The first-order chi connectivity index (χ1) is 14.1. The molecule has 158 valence electrons. The Labute approximate surface area is 186 Å². The molecule has 1 saturated heterocycles. The van der Waals surface area contributed by atoms with E-state index < -0.39 is 0 Å². The van der Waals surface area contributed by atoms with E-state index in [1.807, 2.05) is 42.2 Å². The van der Waals surface area contributed by atoms with Crippen LogP contribution in [0.15, 0.2) is 41.5 Å². The largest absolute Gasteiger partial charge is 0.483 e. The molecule has 0 aromatic heterocycles. The predicted octanol–water partition coefficient (Wildman–Crippen LogP) is 2.87. The molecule has 1 atom stereocenters. The van der Waals surface area contributed by atoms with Gasteiger partial charge in [-0.3, -0.25) is 4.79 Å². The third kappa shape index (κ3) is 3.47. The van der Waals surface area contributed by atoms with Gasteiger partial charge >= 0.3 is 0 Å². The maximum absolute atomic E-state index is 12.1. The lowest BCUT2D eigenvalue weighted by Gasteiger charge is -2.38. The van der Waals surface area contributed by atoms with Gasteiger partial charge in [-0.05, 0) is 36.8 Å². The maximum Gasteiger partial charge on any atom is 0.262 e. The standard InChI is InChI=1S/C21H22ClN5O2.ClH/c1-13-21(28)25-24-19-12-29-18-11-14(5-6-16(18)27(13)19)20-15(22)3-2-4-17(20)26-9-7-23-8-10-26;/h2-6,11,13,23H,7-10,12H2,1H3,(H,25,28);1H/t13-;/m1./s1. The zero-order chi connectivity index (χ0) is 20.0. The first-order valence-electron chi connectivity index (χ1n) is 9.80. The van der Waals surface area contributed by atoms with Crippen LogP contribution in [-0.4, -0.2) is 50.6 Å². The van der Waals surface area contributed by atoms with Gasteiger partial charge in [0.05, 0.1) is 10.7 Å². The minimum atomic E-state index is -0.340. The summed E-state index contributed by atoms with van der Waals surface area (Å²) < 4.78 is 5.97. The molecule has 30 heavy (non-hydrogen) atoms. The highest BCUT2D eigenvalue weighted by molar-refractivity contribution is 6.34. The van der Waals surface area contributed by atoms with Gasteiger partial charge in [-0.25, -0.2) is 5.43 Å². The average molecular weight is 448 g/mol. The molecule has 1 fully saturated rings. The summed E-state index contributed by atoms with van der Waals surface area (Å²) in [6, 6.07) is 11.7. The van der Waals surface area contributed by atoms with Crippen molar-refractivity contribution in [1.82, 2.24) is 10.7 Å². The van der Waals surface area contributed by atoms with Gasteiger partial charge in [0.1, 0.15) is 18.4 Å². The number of benzene rings is 2. The van der Waals surface area contributed by atoms with E-state index in [1.165, 1.54) is 0 Å². The molecule has 2 aromatic carbocycles. The molecule has 0 aliphatic carbocycles. The Balaban J connectivity index is 0.00000218. The third-order valence-electron chi connectivity index (χ3n) is 5.65. The zero-order valence-corrected chi connectivity index (χ0v) is 18.1. The number of halogens is 2. The van der Waals surface area contributed by atoms with E-state index in [0.717, 1.165) is 54.4 Å². The number of hydrogen-bond donors (Lipinski definition) is 2. The number of carbonyl (C=O) groups is 1. The Morgan fingerprint density at radius 1 is 1.17 bits per heavy atom. The fraction of sp³-hybridized carbons (Fsp3) is 0.333. The Hall–Kier alpha value is -2.48. The number of anilines is 2. The second kappa shape index (κ2) is 8.34. The summed E-state index contributed by atoms with van der Waals surface area (Å²) in [6.07, 6.45) is 0. The molecule has 0 spiro atoms. The molecule has 0 bridgehead atoms. The van der Waals surface area contributed by atoms with Crippen LogP contribution in [0.2, 0.25) is 5.02 Å². The van der Waals surface area contributed by atoms with Gasteiger partial charge in [-0.1, -0.05) is 23.7 Å². The number of hydrogen-bond acceptors (Lipinski definition) is 6. The van der Waals surface area contributed by atoms with Crippen molar-refractivity contribution >= 4 is 47.1 Å². The SMILES string of the molecule is C[C@@H]1C(=O)NN=C2COc3cc(-c4c(Cl)cccc4N4CCNCC4)ccc3N21.Cl. The lowest BCUT2D eigenvalue weighted by atomic mass is 10.00. The van der Waals surface area contributed by atoms with E-state index in [4.69, 9.17) is 16.3 Å². The lowest BCUT2D eigenvalue weighted by Crippen LogP contribution is -2.55. The van der Waals surface area contributed by atoms with Gasteiger partial charge in [-0.15, -0.1) is 12.4 Å². The molecule has 2 aromatic rings. The number of nitrogens with zero attached hydrogens (tertiary/aromatic N) is 3. The van der Waals surface area contributed by atoms with E-state index in [1.54, 1.807) is 0 Å². The lowest BCUT2D eigenvalue weighted by molar-refractivity contribution is -0.122. The van der Waals surface area contributed by atoms with Crippen LogP contribution in [0.3, 0.4) is 0 Å². The van der Waals surface area contributed by atoms with Crippen LogP contribution in [0, 0.1) is 0 Å². The normalized spacial score (nSPS) is 20.3. The molecule has 3 aliphatic rings. The van der Waals surface area contributed by atoms with Crippen molar-refractivity contribution in [2.75, 3.05) is 42.6 Å². The first kappa shape index (κ1) is 20.8. The van der Waals surface area contributed by atoms with Gasteiger partial charge in [0, 0.05) is 37.4 Å². The first-order valence-corrected chi connectivity index (χ1v) is 10.2. The number of carbonyl (C=O) groups excluding carboxylic acids is 1. The molecule has 1 amide bonds. The van der Waals surface area contributed by atoms with Crippen LogP contribution < -0.4 is 25.3 Å². The van der Waals surface area contributed by atoms with Crippen molar-refractivity contribution in [1.29, 1.82) is 0 Å². The topological polar surface area (TPSA) is 69.2 Å². The van der Waals surface area contributed by atoms with Crippen LogP contribution in [0.1, 0.15) is 6.92 Å². The number of nitrogens with one attached hydrogen (secondary N) is 2. The van der Waals surface area contributed by atoms with Crippen molar-refractivity contribution in [3.8, 4) is 16.9 Å². The van der Waals surface area contributed by atoms with Crippen LogP contribution in [0.25, 0.3) is 11.1 Å².